The molecule has 0 heterocycles. The fourth-order valence-electron chi connectivity index (χ4n) is 2.31. The minimum Gasteiger partial charge on any atom is -0.491 e. The van der Waals surface area contributed by atoms with Gasteiger partial charge >= 0.3 is 0 Å². The molecular formula is C18H29NO4. The van der Waals surface area contributed by atoms with Crippen LogP contribution >= 0.6 is 0 Å². The maximum Gasteiger partial charge on any atom is 0.256 e. The van der Waals surface area contributed by atoms with Gasteiger partial charge in [-0.2, -0.15) is 0 Å². The van der Waals surface area contributed by atoms with Gasteiger partial charge in [0.05, 0.1) is 6.61 Å². The van der Waals surface area contributed by atoms with E-state index in [1.807, 2.05) is 38.1 Å². The molecule has 1 aromatic carbocycles. The number of rotatable bonds is 10. The van der Waals surface area contributed by atoms with Gasteiger partial charge in [-0.1, -0.05) is 13.8 Å². The minimum atomic E-state index is -0.833. The van der Waals surface area contributed by atoms with E-state index < -0.39 is 5.60 Å². The van der Waals surface area contributed by atoms with Gasteiger partial charge in [0.25, 0.3) is 5.91 Å². The molecule has 0 spiro atoms. The van der Waals surface area contributed by atoms with Crippen LogP contribution in [0.5, 0.6) is 5.75 Å². The Morgan fingerprint density at radius 1 is 1.22 bits per heavy atom. The molecular weight excluding hydrogens is 294 g/mol. The molecule has 0 unspecified atom stereocenters. The zero-order chi connectivity index (χ0) is 17.3. The van der Waals surface area contributed by atoms with E-state index >= 15 is 0 Å². The zero-order valence-electron chi connectivity index (χ0n) is 14.8. The van der Waals surface area contributed by atoms with Crippen molar-refractivity contribution in [2.45, 2.75) is 39.7 Å². The van der Waals surface area contributed by atoms with E-state index in [1.54, 1.807) is 7.11 Å². The van der Waals surface area contributed by atoms with Crippen LogP contribution in [0, 0.1) is 5.92 Å². The summed E-state index contributed by atoms with van der Waals surface area (Å²) in [7, 11) is 1.57. The Bertz CT molecular complexity index is 472. The third-order valence-electron chi connectivity index (χ3n) is 3.54. The molecule has 0 aromatic heterocycles. The molecule has 1 atom stereocenters. The van der Waals surface area contributed by atoms with Gasteiger partial charge in [-0.05, 0) is 50.5 Å². The van der Waals surface area contributed by atoms with Gasteiger partial charge in [0.2, 0.25) is 0 Å². The van der Waals surface area contributed by atoms with Crippen molar-refractivity contribution in [2.24, 2.45) is 5.92 Å². The van der Waals surface area contributed by atoms with Crippen LogP contribution < -0.4 is 10.1 Å². The summed E-state index contributed by atoms with van der Waals surface area (Å²) in [6, 6.07) is 7.29. The van der Waals surface area contributed by atoms with Crippen LogP contribution in [-0.2, 0) is 14.3 Å². The lowest BCUT2D eigenvalue weighted by Crippen LogP contribution is -2.43. The molecule has 1 N–H and O–H groups in total. The van der Waals surface area contributed by atoms with Crippen molar-refractivity contribution in [1.29, 1.82) is 0 Å². The summed E-state index contributed by atoms with van der Waals surface area (Å²) in [6.45, 7) is 9.66. The highest BCUT2D eigenvalue weighted by atomic mass is 16.5. The standard InChI is InChI=1S/C18H29NO4/c1-6-22-11-12-23-16-9-7-15(8-10-16)19-17(20)18(4,21-5)13-14(2)3/h7-10,14H,6,11-13H2,1-5H3,(H,19,20)/t18-/m0/s1. The van der Waals surface area contributed by atoms with Crippen LogP contribution in [-0.4, -0.2) is 38.4 Å². The summed E-state index contributed by atoms with van der Waals surface area (Å²) in [5, 5.41) is 2.90. The van der Waals surface area contributed by atoms with Crippen molar-refractivity contribution >= 4 is 11.6 Å². The monoisotopic (exact) mass is 323 g/mol. The maximum atomic E-state index is 12.4. The lowest BCUT2D eigenvalue weighted by Gasteiger charge is -2.28. The molecule has 1 amide bonds. The average molecular weight is 323 g/mol. The second-order valence-electron chi connectivity index (χ2n) is 6.06. The zero-order valence-corrected chi connectivity index (χ0v) is 14.8. The predicted molar refractivity (Wildman–Crippen MR) is 91.9 cm³/mol. The van der Waals surface area contributed by atoms with E-state index in [0.717, 1.165) is 11.4 Å². The number of ether oxygens (including phenoxy) is 3. The molecule has 0 bridgehead atoms. The quantitative estimate of drug-likeness (QED) is 0.670. The molecule has 0 radical (unpaired) electrons. The van der Waals surface area contributed by atoms with Crippen molar-refractivity contribution < 1.29 is 19.0 Å². The number of amides is 1. The second kappa shape index (κ2) is 9.53. The third-order valence-corrected chi connectivity index (χ3v) is 3.54. The minimum absolute atomic E-state index is 0.140. The fraction of sp³-hybridized carbons (Fsp3) is 0.611. The molecule has 5 nitrogen and oxygen atoms in total. The topological polar surface area (TPSA) is 56.8 Å². The summed E-state index contributed by atoms with van der Waals surface area (Å²) < 4.78 is 16.2. The largest absolute Gasteiger partial charge is 0.491 e. The molecule has 23 heavy (non-hydrogen) atoms. The summed E-state index contributed by atoms with van der Waals surface area (Å²) in [5.41, 5.74) is -0.111. The smallest absolute Gasteiger partial charge is 0.256 e. The molecule has 1 rings (SSSR count). The lowest BCUT2D eigenvalue weighted by molar-refractivity contribution is -0.137. The highest BCUT2D eigenvalue weighted by Crippen LogP contribution is 2.23. The number of hydrogen-bond donors (Lipinski definition) is 1. The molecule has 0 aliphatic rings. The van der Waals surface area contributed by atoms with Gasteiger partial charge in [-0.3, -0.25) is 4.79 Å². The molecule has 0 fully saturated rings. The Labute approximate surface area is 139 Å². The molecule has 0 saturated heterocycles. The molecule has 130 valence electrons. The van der Waals surface area contributed by atoms with Gasteiger partial charge in [0, 0.05) is 19.4 Å². The summed E-state index contributed by atoms with van der Waals surface area (Å²) in [5.74, 6) is 0.977. The van der Waals surface area contributed by atoms with Crippen LogP contribution in [0.2, 0.25) is 0 Å². The number of nitrogens with one attached hydrogen (secondary N) is 1. The number of carbonyl (C=O) groups excluding carboxylic acids is 1. The van der Waals surface area contributed by atoms with Gasteiger partial charge in [-0.25, -0.2) is 0 Å². The summed E-state index contributed by atoms with van der Waals surface area (Å²) in [6.07, 6.45) is 0.661. The van der Waals surface area contributed by atoms with Crippen LogP contribution in [0.3, 0.4) is 0 Å². The second-order valence-corrected chi connectivity index (χ2v) is 6.06. The van der Waals surface area contributed by atoms with Crippen LogP contribution in [0.4, 0.5) is 5.69 Å². The van der Waals surface area contributed by atoms with Crippen molar-refractivity contribution in [3.8, 4) is 5.75 Å². The summed E-state index contributed by atoms with van der Waals surface area (Å²) in [4.78, 5) is 12.4. The molecule has 1 aromatic rings. The third kappa shape index (κ3) is 6.59. The van der Waals surface area contributed by atoms with E-state index in [9.17, 15) is 4.79 Å². The SMILES string of the molecule is CCOCCOc1ccc(NC(=O)[C@](C)(CC(C)C)OC)cc1. The first kappa shape index (κ1) is 19.5. The van der Waals surface area contributed by atoms with E-state index in [-0.39, 0.29) is 5.91 Å². The first-order valence-electron chi connectivity index (χ1n) is 8.08. The molecule has 0 aliphatic carbocycles. The average Bonchev–Trinajstić information content (AvgIpc) is 2.52. The van der Waals surface area contributed by atoms with Crippen molar-refractivity contribution in [2.75, 3.05) is 32.2 Å². The lowest BCUT2D eigenvalue weighted by atomic mass is 9.93. The van der Waals surface area contributed by atoms with E-state index in [2.05, 4.69) is 19.2 Å². The van der Waals surface area contributed by atoms with Crippen molar-refractivity contribution in [1.82, 2.24) is 0 Å². The van der Waals surface area contributed by atoms with Crippen molar-refractivity contribution in [3.63, 3.8) is 0 Å². The first-order valence-corrected chi connectivity index (χ1v) is 8.08. The number of hydrogen-bond acceptors (Lipinski definition) is 4. The number of anilines is 1. The van der Waals surface area contributed by atoms with E-state index in [1.165, 1.54) is 0 Å². The first-order chi connectivity index (χ1) is 10.9. The molecule has 5 heteroatoms. The van der Waals surface area contributed by atoms with Gasteiger partial charge in [-0.15, -0.1) is 0 Å². The Morgan fingerprint density at radius 3 is 2.39 bits per heavy atom. The number of benzene rings is 1. The van der Waals surface area contributed by atoms with Crippen LogP contribution in [0.1, 0.15) is 34.1 Å². The number of carbonyl (C=O) groups is 1. The fourth-order valence-corrected chi connectivity index (χ4v) is 2.31. The normalized spacial score (nSPS) is 13.7. The Hall–Kier alpha value is -1.59. The highest BCUT2D eigenvalue weighted by Gasteiger charge is 2.33. The van der Waals surface area contributed by atoms with E-state index in [0.29, 0.717) is 32.2 Å². The Kier molecular flexibility index (Phi) is 8.06. The molecule has 0 saturated carbocycles. The van der Waals surface area contributed by atoms with Gasteiger partial charge in [0.15, 0.2) is 0 Å². The van der Waals surface area contributed by atoms with Gasteiger partial charge < -0.3 is 19.5 Å². The predicted octanol–water partition coefficient (Wildman–Crippen LogP) is 3.49. The van der Waals surface area contributed by atoms with Gasteiger partial charge in [0.1, 0.15) is 18.0 Å². The molecule has 0 aliphatic heterocycles. The van der Waals surface area contributed by atoms with Crippen LogP contribution in [0.25, 0.3) is 0 Å². The number of methoxy groups -OCH3 is 1. The maximum absolute atomic E-state index is 12.4. The van der Waals surface area contributed by atoms with Crippen molar-refractivity contribution in [3.05, 3.63) is 24.3 Å². The summed E-state index contributed by atoms with van der Waals surface area (Å²) >= 11 is 0. The van der Waals surface area contributed by atoms with Crippen LogP contribution in [0.15, 0.2) is 24.3 Å². The van der Waals surface area contributed by atoms with E-state index in [4.69, 9.17) is 14.2 Å². The highest BCUT2D eigenvalue weighted by molar-refractivity contribution is 5.97. The Morgan fingerprint density at radius 2 is 1.87 bits per heavy atom. The Balaban J connectivity index is 2.58.